The zero-order valence-electron chi connectivity index (χ0n) is 23.1. The molecule has 34 heavy (non-hydrogen) atoms. The van der Waals surface area contributed by atoms with Crippen LogP contribution >= 0.6 is 0 Å². The lowest BCUT2D eigenvalue weighted by molar-refractivity contribution is 0.0536. The van der Waals surface area contributed by atoms with Gasteiger partial charge in [-0.3, -0.25) is 4.90 Å². The van der Waals surface area contributed by atoms with Gasteiger partial charge < -0.3 is 9.47 Å². The van der Waals surface area contributed by atoms with Crippen LogP contribution in [0.4, 0.5) is 0 Å². The van der Waals surface area contributed by atoms with Crippen molar-refractivity contribution in [1.82, 2.24) is 4.90 Å². The van der Waals surface area contributed by atoms with Crippen LogP contribution in [0.2, 0.25) is 0 Å². The Morgan fingerprint density at radius 2 is 1.50 bits per heavy atom. The van der Waals surface area contributed by atoms with Crippen LogP contribution < -0.4 is 9.47 Å². The summed E-state index contributed by atoms with van der Waals surface area (Å²) in [6.45, 7) is 17.2. The van der Waals surface area contributed by atoms with Crippen molar-refractivity contribution in [2.24, 2.45) is 0 Å². The van der Waals surface area contributed by atoms with Crippen molar-refractivity contribution in [3.63, 3.8) is 0 Å². The van der Waals surface area contributed by atoms with Gasteiger partial charge in [-0.15, -0.1) is 0 Å². The summed E-state index contributed by atoms with van der Waals surface area (Å²) in [6.07, 6.45) is 16.1. The van der Waals surface area contributed by atoms with E-state index in [1.165, 1.54) is 45.4 Å². The van der Waals surface area contributed by atoms with Gasteiger partial charge in [-0.25, -0.2) is 0 Å². The molecule has 188 valence electrons. The summed E-state index contributed by atoms with van der Waals surface area (Å²) < 4.78 is 12.9. The van der Waals surface area contributed by atoms with Gasteiger partial charge in [-0.05, 0) is 118 Å². The molecular formula is C31H47NO2. The molecule has 0 saturated carbocycles. The molecule has 2 aliphatic heterocycles. The topological polar surface area (TPSA) is 21.7 Å². The highest BCUT2D eigenvalue weighted by Crippen LogP contribution is 2.46. The van der Waals surface area contributed by atoms with Crippen molar-refractivity contribution in [1.29, 1.82) is 0 Å². The van der Waals surface area contributed by atoms with Crippen molar-refractivity contribution in [3.05, 3.63) is 57.2 Å². The molecule has 0 radical (unpaired) electrons. The first-order valence-electron chi connectivity index (χ1n) is 13.2. The second-order valence-electron chi connectivity index (χ2n) is 11.2. The van der Waals surface area contributed by atoms with Gasteiger partial charge in [0.15, 0.2) is 0 Å². The average Bonchev–Trinajstić information content (AvgIpc) is 2.77. The van der Waals surface area contributed by atoms with E-state index in [2.05, 4.69) is 78.6 Å². The molecule has 0 unspecified atom stereocenters. The van der Waals surface area contributed by atoms with Gasteiger partial charge in [0.25, 0.3) is 0 Å². The van der Waals surface area contributed by atoms with Gasteiger partial charge in [-0.2, -0.15) is 0 Å². The highest BCUT2D eigenvalue weighted by atomic mass is 16.5. The maximum atomic E-state index is 6.76. The summed E-state index contributed by atoms with van der Waals surface area (Å²) in [5.74, 6) is 2.22. The zero-order valence-corrected chi connectivity index (χ0v) is 23.1. The molecule has 1 aromatic rings. The van der Waals surface area contributed by atoms with Crippen molar-refractivity contribution in [2.45, 2.75) is 112 Å². The molecule has 1 aromatic carbocycles. The van der Waals surface area contributed by atoms with Gasteiger partial charge in [0, 0.05) is 17.7 Å². The lowest BCUT2D eigenvalue weighted by Gasteiger charge is -2.40. The molecule has 0 amide bonds. The Kier molecular flexibility index (Phi) is 9.09. The van der Waals surface area contributed by atoms with Gasteiger partial charge in [-0.1, -0.05) is 34.9 Å². The van der Waals surface area contributed by atoms with Gasteiger partial charge in [0.2, 0.25) is 0 Å². The van der Waals surface area contributed by atoms with E-state index >= 15 is 0 Å². The fraction of sp³-hybridized carbons (Fsp3) is 0.613. The molecular weight excluding hydrogens is 418 g/mol. The summed E-state index contributed by atoms with van der Waals surface area (Å²) in [4.78, 5) is 2.23. The average molecular weight is 466 g/mol. The molecule has 3 rings (SSSR count). The van der Waals surface area contributed by atoms with Gasteiger partial charge >= 0.3 is 0 Å². The SMILES string of the molecule is CC(C)=CCCC(C)=CCCC(C)=CCC[C@]1(C)CCc2c3c(c(C)c(C)c2O1)OCN(C)C3. The first-order chi connectivity index (χ1) is 16.1. The molecule has 3 heteroatoms. The molecule has 1 atom stereocenters. The van der Waals surface area contributed by atoms with E-state index in [0.29, 0.717) is 6.73 Å². The van der Waals surface area contributed by atoms with Crippen molar-refractivity contribution < 1.29 is 9.47 Å². The fourth-order valence-electron chi connectivity index (χ4n) is 5.15. The van der Waals surface area contributed by atoms with Crippen LogP contribution in [-0.2, 0) is 13.0 Å². The number of hydrogen-bond donors (Lipinski definition) is 0. The molecule has 0 N–H and O–H groups in total. The molecule has 0 fully saturated rings. The molecule has 0 aromatic heterocycles. The second-order valence-corrected chi connectivity index (χ2v) is 11.2. The number of rotatable bonds is 9. The van der Waals surface area contributed by atoms with Gasteiger partial charge in [0.1, 0.15) is 23.8 Å². The third-order valence-electron chi connectivity index (χ3n) is 7.55. The first-order valence-corrected chi connectivity index (χ1v) is 13.2. The Hall–Kier alpha value is -2.00. The molecule has 2 aliphatic rings. The normalized spacial score (nSPS) is 20.8. The highest BCUT2D eigenvalue weighted by molar-refractivity contribution is 5.60. The molecule has 0 spiro atoms. The van der Waals surface area contributed by atoms with Crippen LogP contribution in [0.3, 0.4) is 0 Å². The lowest BCUT2D eigenvalue weighted by atomic mass is 9.84. The summed E-state index contributed by atoms with van der Waals surface area (Å²) >= 11 is 0. The minimum Gasteiger partial charge on any atom is -0.487 e. The van der Waals surface area contributed by atoms with Crippen molar-refractivity contribution in [2.75, 3.05) is 13.8 Å². The number of hydrogen-bond acceptors (Lipinski definition) is 3. The van der Waals surface area contributed by atoms with E-state index in [1.807, 2.05) is 0 Å². The zero-order chi connectivity index (χ0) is 24.9. The molecule has 0 bridgehead atoms. The standard InChI is InChI=1S/C31H47NO2/c1-22(2)12-9-13-23(3)14-10-15-24(4)16-11-18-31(7)19-17-27-28-20-32(8)21-33-29(28)25(5)26(6)30(27)34-31/h12,14,16H,9-11,13,15,17-21H2,1-8H3/t31-/m1/s1. The molecule has 0 aliphatic carbocycles. The van der Waals surface area contributed by atoms with E-state index < -0.39 is 0 Å². The predicted octanol–water partition coefficient (Wildman–Crippen LogP) is 8.37. The lowest BCUT2D eigenvalue weighted by Crippen LogP contribution is -2.38. The molecule has 2 heterocycles. The summed E-state index contributed by atoms with van der Waals surface area (Å²) in [5.41, 5.74) is 9.53. The van der Waals surface area contributed by atoms with Crippen LogP contribution in [0.25, 0.3) is 0 Å². The van der Waals surface area contributed by atoms with E-state index in [9.17, 15) is 0 Å². The van der Waals surface area contributed by atoms with Crippen molar-refractivity contribution in [3.8, 4) is 11.5 Å². The number of ether oxygens (including phenoxy) is 2. The maximum absolute atomic E-state index is 6.76. The third-order valence-corrected chi connectivity index (χ3v) is 7.55. The fourth-order valence-corrected chi connectivity index (χ4v) is 5.15. The smallest absolute Gasteiger partial charge is 0.142 e. The van der Waals surface area contributed by atoms with E-state index in [-0.39, 0.29) is 5.60 Å². The monoisotopic (exact) mass is 465 g/mol. The minimum absolute atomic E-state index is 0.0991. The number of fused-ring (bicyclic) bond motifs is 3. The van der Waals surface area contributed by atoms with E-state index in [0.717, 1.165) is 63.0 Å². The Labute approximate surface area is 208 Å². The highest BCUT2D eigenvalue weighted by Gasteiger charge is 2.36. The van der Waals surface area contributed by atoms with Crippen LogP contribution in [0.15, 0.2) is 34.9 Å². The van der Waals surface area contributed by atoms with Crippen LogP contribution in [0, 0.1) is 13.8 Å². The van der Waals surface area contributed by atoms with Crippen molar-refractivity contribution >= 4 is 0 Å². The predicted molar refractivity (Wildman–Crippen MR) is 145 cm³/mol. The van der Waals surface area contributed by atoms with Crippen LogP contribution in [0.1, 0.15) is 102 Å². The number of allylic oxidation sites excluding steroid dienone is 6. The first kappa shape index (κ1) is 26.6. The second kappa shape index (κ2) is 11.6. The third kappa shape index (κ3) is 6.78. The summed E-state index contributed by atoms with van der Waals surface area (Å²) in [7, 11) is 2.12. The Morgan fingerprint density at radius 3 is 2.18 bits per heavy atom. The largest absolute Gasteiger partial charge is 0.487 e. The Bertz CT molecular complexity index is 964. The van der Waals surface area contributed by atoms with Gasteiger partial charge in [0.05, 0.1) is 0 Å². The van der Waals surface area contributed by atoms with Crippen LogP contribution in [0.5, 0.6) is 11.5 Å². The van der Waals surface area contributed by atoms with E-state index in [4.69, 9.17) is 9.47 Å². The minimum atomic E-state index is -0.0991. The summed E-state index contributed by atoms with van der Waals surface area (Å²) in [6, 6.07) is 0. The maximum Gasteiger partial charge on any atom is 0.142 e. The number of benzene rings is 1. The molecule has 3 nitrogen and oxygen atoms in total. The molecule has 0 saturated heterocycles. The Balaban J connectivity index is 1.56. The number of nitrogens with zero attached hydrogens (tertiary/aromatic N) is 1. The quantitative estimate of drug-likeness (QED) is 0.342. The summed E-state index contributed by atoms with van der Waals surface area (Å²) in [5, 5.41) is 0. The van der Waals surface area contributed by atoms with E-state index in [1.54, 1.807) is 0 Å². The van der Waals surface area contributed by atoms with Crippen LogP contribution in [-0.4, -0.2) is 24.3 Å². The Morgan fingerprint density at radius 1 is 0.882 bits per heavy atom.